The lowest BCUT2D eigenvalue weighted by atomic mass is 10.4. The summed E-state index contributed by atoms with van der Waals surface area (Å²) in [5.41, 5.74) is 0. The fraction of sp³-hybridized carbons (Fsp3) is 0. The van der Waals surface area contributed by atoms with E-state index in [0.717, 1.165) is 5.19 Å². The highest BCUT2D eigenvalue weighted by atomic mass is 29.5. The third-order valence-electron chi connectivity index (χ3n) is 1.17. The smallest absolute Gasteiger partial charge is 0.215 e. The molecule has 0 amide bonds. The molecule has 0 unspecified atom stereocenters. The van der Waals surface area contributed by atoms with E-state index in [2.05, 4.69) is 9.76 Å². The zero-order chi connectivity index (χ0) is 7.40. The molecule has 0 fully saturated rings. The van der Waals surface area contributed by atoms with Gasteiger partial charge in [-0.05, 0) is 5.19 Å². The van der Waals surface area contributed by atoms with Crippen molar-refractivity contribution >= 4 is 32.1 Å². The monoisotopic (exact) mass is 178 g/mol. The molecule has 0 saturated carbocycles. The maximum atomic E-state index is 9.39. The van der Waals surface area contributed by atoms with Crippen LogP contribution in [0.15, 0.2) is 30.3 Å². The van der Waals surface area contributed by atoms with Gasteiger partial charge in [-0.1, -0.05) is 30.3 Å². The normalized spacial score (nSPS) is 10.3. The van der Waals surface area contributed by atoms with Gasteiger partial charge in [0.15, 0.2) is 0 Å². The quantitative estimate of drug-likeness (QED) is 0.586. The van der Waals surface area contributed by atoms with E-state index >= 15 is 0 Å². The van der Waals surface area contributed by atoms with Crippen LogP contribution in [0.5, 0.6) is 0 Å². The number of hydrogen-bond donors (Lipinski definition) is 1. The maximum Gasteiger partial charge on any atom is 0.215 e. The van der Waals surface area contributed by atoms with Gasteiger partial charge in [-0.2, -0.15) is 0 Å². The fourth-order valence-corrected chi connectivity index (χ4v) is 3.55. The Morgan fingerprint density at radius 2 is 1.90 bits per heavy atom. The summed E-state index contributed by atoms with van der Waals surface area (Å²) in [6.07, 6.45) is 0. The van der Waals surface area contributed by atoms with Gasteiger partial charge in [-0.15, -0.1) is 0 Å². The van der Waals surface area contributed by atoms with E-state index in [1.54, 1.807) is 0 Å². The highest BCUT2D eigenvalue weighted by molar-refractivity contribution is 7.32. The molecule has 1 rings (SSSR count). The SMILES string of the molecule is O[Si]([Si][Si])c1ccccc1. The summed E-state index contributed by atoms with van der Waals surface area (Å²) in [7, 11) is 2.53. The van der Waals surface area contributed by atoms with Crippen LogP contribution in [-0.2, 0) is 0 Å². The molecule has 0 bridgehead atoms. The number of rotatable bonds is 2. The lowest BCUT2D eigenvalue weighted by molar-refractivity contribution is 0.607. The molecule has 48 valence electrons. The molecule has 10 heavy (non-hydrogen) atoms. The summed E-state index contributed by atoms with van der Waals surface area (Å²) >= 11 is 0. The Kier molecular flexibility index (Phi) is 3.07. The van der Waals surface area contributed by atoms with Gasteiger partial charge >= 0.3 is 0 Å². The summed E-state index contributed by atoms with van der Waals surface area (Å²) in [6.45, 7) is 0. The molecule has 6 radical (unpaired) electrons. The second-order valence-corrected chi connectivity index (χ2v) is 7.79. The molecule has 0 aliphatic heterocycles. The van der Waals surface area contributed by atoms with Gasteiger partial charge in [-0.3, -0.25) is 0 Å². The molecule has 1 aromatic carbocycles. The van der Waals surface area contributed by atoms with Gasteiger partial charge in [0, 0.05) is 9.76 Å². The van der Waals surface area contributed by atoms with E-state index in [4.69, 9.17) is 0 Å². The number of hydrogen-bond acceptors (Lipinski definition) is 1. The van der Waals surface area contributed by atoms with Crippen LogP contribution in [0.1, 0.15) is 0 Å². The van der Waals surface area contributed by atoms with E-state index in [0.29, 0.717) is 8.55 Å². The summed E-state index contributed by atoms with van der Waals surface area (Å²) in [4.78, 5) is 9.39. The van der Waals surface area contributed by atoms with Crippen LogP contribution in [0.25, 0.3) is 0 Å². The second kappa shape index (κ2) is 3.87. The molecule has 4 heteroatoms. The standard InChI is InChI=1S/C6H6OSi3/c7-10(9-8)6-4-2-1-3-5-6/h1-5,7H. The van der Waals surface area contributed by atoms with E-state index in [-0.39, 0.29) is 0 Å². The van der Waals surface area contributed by atoms with Gasteiger partial charge in [0.2, 0.25) is 8.56 Å². The molecule has 1 nitrogen and oxygen atoms in total. The van der Waals surface area contributed by atoms with Crippen LogP contribution in [0, 0.1) is 0 Å². The van der Waals surface area contributed by atoms with Crippen LogP contribution in [0.2, 0.25) is 0 Å². The van der Waals surface area contributed by atoms with Crippen molar-refractivity contribution in [2.45, 2.75) is 0 Å². The molecule has 0 aromatic heterocycles. The minimum atomic E-state index is -1.27. The minimum absolute atomic E-state index is 0.472. The van der Waals surface area contributed by atoms with Crippen molar-refractivity contribution in [1.82, 2.24) is 0 Å². The van der Waals surface area contributed by atoms with Gasteiger partial charge in [0.05, 0.1) is 8.55 Å². The first-order valence-electron chi connectivity index (χ1n) is 2.88. The Morgan fingerprint density at radius 3 is 2.40 bits per heavy atom. The Balaban J connectivity index is 2.75. The van der Waals surface area contributed by atoms with Crippen LogP contribution in [0.4, 0.5) is 0 Å². The van der Waals surface area contributed by atoms with Crippen molar-refractivity contribution in [2.75, 3.05) is 0 Å². The molecule has 0 spiro atoms. The third-order valence-corrected chi connectivity index (χ3v) is 5.99. The predicted octanol–water partition coefficient (Wildman–Crippen LogP) is -0.838. The molecular formula is C6H6OSi3. The summed E-state index contributed by atoms with van der Waals surface area (Å²) in [6, 6.07) is 9.77. The van der Waals surface area contributed by atoms with Gasteiger partial charge in [0.1, 0.15) is 0 Å². The second-order valence-electron chi connectivity index (χ2n) is 1.84. The molecule has 1 aromatic rings. The Bertz CT molecular complexity index is 189. The average Bonchev–Trinajstić information content (AvgIpc) is 2.05. The van der Waals surface area contributed by atoms with E-state index in [1.165, 1.54) is 0 Å². The molecule has 0 aliphatic carbocycles. The van der Waals surface area contributed by atoms with Crippen LogP contribution in [-0.4, -0.2) is 31.7 Å². The highest BCUT2D eigenvalue weighted by Gasteiger charge is 2.06. The maximum absolute atomic E-state index is 9.39. The van der Waals surface area contributed by atoms with Crippen molar-refractivity contribution in [1.29, 1.82) is 0 Å². The van der Waals surface area contributed by atoms with Crippen molar-refractivity contribution in [3.8, 4) is 0 Å². The molecule has 0 aliphatic rings. The van der Waals surface area contributed by atoms with Crippen molar-refractivity contribution < 1.29 is 4.80 Å². The van der Waals surface area contributed by atoms with Gasteiger partial charge in [-0.25, -0.2) is 0 Å². The van der Waals surface area contributed by atoms with Crippen molar-refractivity contribution in [3.63, 3.8) is 0 Å². The first kappa shape index (κ1) is 7.93. The van der Waals surface area contributed by atoms with Gasteiger partial charge < -0.3 is 4.80 Å². The highest BCUT2D eigenvalue weighted by Crippen LogP contribution is 1.83. The fourth-order valence-electron chi connectivity index (χ4n) is 0.668. The van der Waals surface area contributed by atoms with Crippen molar-refractivity contribution in [3.05, 3.63) is 30.3 Å². The lowest BCUT2D eigenvalue weighted by Gasteiger charge is -2.01. The van der Waals surface area contributed by atoms with Crippen LogP contribution < -0.4 is 5.19 Å². The Labute approximate surface area is 67.6 Å². The summed E-state index contributed by atoms with van der Waals surface area (Å²) in [5, 5.41) is 1.07. The average molecular weight is 178 g/mol. The zero-order valence-electron chi connectivity index (χ0n) is 5.33. The van der Waals surface area contributed by atoms with E-state index in [1.807, 2.05) is 30.3 Å². The zero-order valence-corrected chi connectivity index (χ0v) is 8.33. The molecule has 0 saturated heterocycles. The van der Waals surface area contributed by atoms with Crippen LogP contribution >= 0.6 is 0 Å². The first-order chi connectivity index (χ1) is 4.84. The number of benzene rings is 1. The van der Waals surface area contributed by atoms with Crippen LogP contribution in [0.3, 0.4) is 0 Å². The molecule has 0 heterocycles. The molecular weight excluding hydrogens is 172 g/mol. The van der Waals surface area contributed by atoms with Crippen molar-refractivity contribution in [2.24, 2.45) is 0 Å². The third kappa shape index (κ3) is 1.91. The largest absolute Gasteiger partial charge is 0.430 e. The topological polar surface area (TPSA) is 20.2 Å². The predicted molar refractivity (Wildman–Crippen MR) is 45.6 cm³/mol. The molecule has 1 N–H and O–H groups in total. The van der Waals surface area contributed by atoms with Gasteiger partial charge in [0.25, 0.3) is 0 Å². The van der Waals surface area contributed by atoms with E-state index < -0.39 is 8.56 Å². The summed E-state index contributed by atoms with van der Waals surface area (Å²) in [5.74, 6) is 0. The van der Waals surface area contributed by atoms with E-state index in [9.17, 15) is 4.80 Å². The molecule has 0 atom stereocenters. The first-order valence-corrected chi connectivity index (χ1v) is 7.83. The minimum Gasteiger partial charge on any atom is -0.430 e. The Hall–Kier alpha value is -0.169. The summed E-state index contributed by atoms with van der Waals surface area (Å²) < 4.78 is 0. The Morgan fingerprint density at radius 1 is 1.30 bits per heavy atom. The lowest BCUT2D eigenvalue weighted by Crippen LogP contribution is -2.36.